The number of carbonyl (C=O) groups excluding carboxylic acids is 2. The molecule has 1 heterocycles. The monoisotopic (exact) mass is 330 g/mol. The third-order valence-corrected chi connectivity index (χ3v) is 3.81. The van der Waals surface area contributed by atoms with E-state index in [2.05, 4.69) is 4.98 Å². The number of benzene rings is 1. The molecule has 0 saturated heterocycles. The molecule has 1 amide bonds. The first-order valence-corrected chi connectivity index (χ1v) is 7.69. The molecule has 0 atom stereocenters. The van der Waals surface area contributed by atoms with E-state index in [-0.39, 0.29) is 11.7 Å². The lowest BCUT2D eigenvalue weighted by Crippen LogP contribution is -2.30. The van der Waals surface area contributed by atoms with Gasteiger partial charge in [0, 0.05) is 24.8 Å². The maximum atomic E-state index is 12.6. The molecular formula is C18H22N2O4. The number of nitrogens with one attached hydrogen (secondary N) is 1. The van der Waals surface area contributed by atoms with Crippen LogP contribution in [0.5, 0.6) is 11.5 Å². The zero-order chi connectivity index (χ0) is 17.7. The lowest BCUT2D eigenvalue weighted by atomic mass is 10.1. The van der Waals surface area contributed by atoms with Crippen molar-refractivity contribution in [2.75, 3.05) is 20.8 Å². The molecule has 0 aliphatic carbocycles. The number of ketones is 1. The van der Waals surface area contributed by atoms with Crippen molar-refractivity contribution in [2.45, 2.75) is 20.4 Å². The van der Waals surface area contributed by atoms with Crippen molar-refractivity contribution < 1.29 is 19.1 Å². The fraction of sp³-hybridized carbons (Fsp3) is 0.333. The van der Waals surface area contributed by atoms with E-state index >= 15 is 0 Å². The highest BCUT2D eigenvalue weighted by Gasteiger charge is 2.18. The number of aromatic nitrogens is 1. The molecule has 2 rings (SSSR count). The van der Waals surface area contributed by atoms with Crippen LogP contribution in [0.15, 0.2) is 30.5 Å². The normalized spacial score (nSPS) is 10.3. The van der Waals surface area contributed by atoms with Crippen molar-refractivity contribution >= 4 is 11.7 Å². The zero-order valence-electron chi connectivity index (χ0n) is 14.4. The highest BCUT2D eigenvalue weighted by atomic mass is 16.5. The molecule has 6 heteroatoms. The number of aromatic amines is 1. The van der Waals surface area contributed by atoms with Crippen LogP contribution in [0.2, 0.25) is 0 Å². The predicted octanol–water partition coefficient (Wildman–Crippen LogP) is 2.90. The van der Waals surface area contributed by atoms with Gasteiger partial charge in [0.2, 0.25) is 0 Å². The van der Waals surface area contributed by atoms with Crippen LogP contribution < -0.4 is 9.47 Å². The molecule has 128 valence electrons. The lowest BCUT2D eigenvalue weighted by molar-refractivity contribution is 0.0747. The van der Waals surface area contributed by atoms with Crippen molar-refractivity contribution in [2.24, 2.45) is 0 Å². The second-order valence-electron chi connectivity index (χ2n) is 5.37. The standard InChI is InChI=1S/C18H22N2O4/c1-5-20(18(22)15-9-14(10-19-15)12(2)21)11-13-6-7-16(23-3)17(8-13)24-4/h6-10,19H,5,11H2,1-4H3. The number of nitrogens with zero attached hydrogens (tertiary/aromatic N) is 1. The summed E-state index contributed by atoms with van der Waals surface area (Å²) in [6.45, 7) is 4.36. The highest BCUT2D eigenvalue weighted by Crippen LogP contribution is 2.28. The van der Waals surface area contributed by atoms with Gasteiger partial charge in [-0.05, 0) is 37.6 Å². The Morgan fingerprint density at radius 3 is 2.38 bits per heavy atom. The van der Waals surface area contributed by atoms with Gasteiger partial charge in [0.25, 0.3) is 5.91 Å². The lowest BCUT2D eigenvalue weighted by Gasteiger charge is -2.21. The van der Waals surface area contributed by atoms with Crippen LogP contribution in [0, 0.1) is 0 Å². The van der Waals surface area contributed by atoms with E-state index in [1.165, 1.54) is 6.92 Å². The summed E-state index contributed by atoms with van der Waals surface area (Å²) >= 11 is 0. The minimum Gasteiger partial charge on any atom is -0.493 e. The van der Waals surface area contributed by atoms with Crippen LogP contribution in [0.4, 0.5) is 0 Å². The van der Waals surface area contributed by atoms with Crippen LogP contribution in [0.25, 0.3) is 0 Å². The van der Waals surface area contributed by atoms with Crippen molar-refractivity contribution in [1.29, 1.82) is 0 Å². The van der Waals surface area contributed by atoms with E-state index in [0.717, 1.165) is 5.56 Å². The van der Waals surface area contributed by atoms with Crippen molar-refractivity contribution in [3.05, 3.63) is 47.3 Å². The van der Waals surface area contributed by atoms with Crippen molar-refractivity contribution in [3.8, 4) is 11.5 Å². The molecule has 0 aliphatic rings. The Bertz CT molecular complexity index is 736. The third-order valence-electron chi connectivity index (χ3n) is 3.81. The molecule has 1 N–H and O–H groups in total. The summed E-state index contributed by atoms with van der Waals surface area (Å²) < 4.78 is 10.5. The van der Waals surface area contributed by atoms with Gasteiger partial charge in [-0.15, -0.1) is 0 Å². The Morgan fingerprint density at radius 2 is 1.83 bits per heavy atom. The Kier molecular flexibility index (Phi) is 5.63. The maximum absolute atomic E-state index is 12.6. The number of carbonyl (C=O) groups is 2. The fourth-order valence-electron chi connectivity index (χ4n) is 2.42. The third kappa shape index (κ3) is 3.76. The van der Waals surface area contributed by atoms with Gasteiger partial charge in [-0.3, -0.25) is 9.59 Å². The first-order chi connectivity index (χ1) is 11.5. The minimum absolute atomic E-state index is 0.0757. The number of ether oxygens (including phenoxy) is 2. The summed E-state index contributed by atoms with van der Waals surface area (Å²) in [5, 5.41) is 0. The molecule has 0 unspecified atom stereocenters. The van der Waals surface area contributed by atoms with Crippen molar-refractivity contribution in [3.63, 3.8) is 0 Å². The SMILES string of the molecule is CCN(Cc1ccc(OC)c(OC)c1)C(=O)c1cc(C(C)=O)c[nH]1. The molecule has 0 aliphatic heterocycles. The van der Waals surface area contributed by atoms with E-state index in [0.29, 0.717) is 35.8 Å². The largest absolute Gasteiger partial charge is 0.493 e. The number of Topliss-reactive ketones (excluding diaryl/α,β-unsaturated/α-hetero) is 1. The number of hydrogen-bond acceptors (Lipinski definition) is 4. The molecule has 2 aromatic rings. The molecule has 1 aromatic carbocycles. The van der Waals surface area contributed by atoms with Crippen LogP contribution in [-0.4, -0.2) is 42.3 Å². The molecule has 0 spiro atoms. The quantitative estimate of drug-likeness (QED) is 0.792. The summed E-state index contributed by atoms with van der Waals surface area (Å²) in [6.07, 6.45) is 1.56. The van der Waals surface area contributed by atoms with E-state index in [9.17, 15) is 9.59 Å². The molecule has 0 fully saturated rings. The molecule has 0 saturated carbocycles. The first kappa shape index (κ1) is 17.6. The molecule has 0 bridgehead atoms. The van der Waals surface area contributed by atoms with Gasteiger partial charge in [-0.2, -0.15) is 0 Å². The number of amides is 1. The second-order valence-corrected chi connectivity index (χ2v) is 5.37. The van der Waals surface area contributed by atoms with Gasteiger partial charge >= 0.3 is 0 Å². The van der Waals surface area contributed by atoms with Crippen LogP contribution in [0.3, 0.4) is 0 Å². The van der Waals surface area contributed by atoms with E-state index in [1.54, 1.807) is 31.4 Å². The summed E-state index contributed by atoms with van der Waals surface area (Å²) in [5.41, 5.74) is 1.84. The Hall–Kier alpha value is -2.76. The van der Waals surface area contributed by atoms with E-state index < -0.39 is 0 Å². The molecule has 24 heavy (non-hydrogen) atoms. The first-order valence-electron chi connectivity index (χ1n) is 7.69. The summed E-state index contributed by atoms with van der Waals surface area (Å²) in [5.74, 6) is 1.04. The summed E-state index contributed by atoms with van der Waals surface area (Å²) in [6, 6.07) is 7.15. The van der Waals surface area contributed by atoms with E-state index in [4.69, 9.17) is 9.47 Å². The summed E-state index contributed by atoms with van der Waals surface area (Å²) in [4.78, 5) is 28.6. The topological polar surface area (TPSA) is 71.6 Å². The molecule has 6 nitrogen and oxygen atoms in total. The Balaban J connectivity index is 2.19. The van der Waals surface area contributed by atoms with Gasteiger partial charge in [-0.1, -0.05) is 6.07 Å². The minimum atomic E-state index is -0.153. The van der Waals surface area contributed by atoms with Crippen molar-refractivity contribution in [1.82, 2.24) is 9.88 Å². The molecule has 0 radical (unpaired) electrons. The van der Waals surface area contributed by atoms with E-state index in [1.807, 2.05) is 25.1 Å². The van der Waals surface area contributed by atoms with Gasteiger partial charge in [-0.25, -0.2) is 0 Å². The zero-order valence-corrected chi connectivity index (χ0v) is 14.4. The number of H-pyrrole nitrogens is 1. The van der Waals surface area contributed by atoms with Crippen LogP contribution >= 0.6 is 0 Å². The maximum Gasteiger partial charge on any atom is 0.270 e. The summed E-state index contributed by atoms with van der Waals surface area (Å²) in [7, 11) is 3.16. The number of methoxy groups -OCH3 is 2. The number of hydrogen-bond donors (Lipinski definition) is 1. The average Bonchev–Trinajstić information content (AvgIpc) is 3.09. The average molecular weight is 330 g/mol. The molecule has 1 aromatic heterocycles. The second kappa shape index (κ2) is 7.68. The van der Waals surface area contributed by atoms with Gasteiger partial charge in [0.1, 0.15) is 5.69 Å². The van der Waals surface area contributed by atoms with Gasteiger partial charge in [0.15, 0.2) is 17.3 Å². The Morgan fingerprint density at radius 1 is 1.12 bits per heavy atom. The fourth-order valence-corrected chi connectivity index (χ4v) is 2.42. The molecular weight excluding hydrogens is 308 g/mol. The highest BCUT2D eigenvalue weighted by molar-refractivity contribution is 5.99. The number of rotatable bonds is 7. The van der Waals surface area contributed by atoms with Crippen LogP contribution in [0.1, 0.15) is 40.3 Å². The van der Waals surface area contributed by atoms with Crippen LogP contribution in [-0.2, 0) is 6.54 Å². The van der Waals surface area contributed by atoms with Gasteiger partial charge in [0.05, 0.1) is 14.2 Å². The predicted molar refractivity (Wildman–Crippen MR) is 90.8 cm³/mol. The van der Waals surface area contributed by atoms with Gasteiger partial charge < -0.3 is 19.4 Å². The Labute approximate surface area is 141 Å². The smallest absolute Gasteiger partial charge is 0.270 e.